The summed E-state index contributed by atoms with van der Waals surface area (Å²) >= 11 is 2.16. The lowest BCUT2D eigenvalue weighted by Gasteiger charge is -2.32. The number of likely N-dealkylation sites (tertiary alicyclic amines) is 2. The van der Waals surface area contributed by atoms with Gasteiger partial charge in [0.2, 0.25) is 0 Å². The summed E-state index contributed by atoms with van der Waals surface area (Å²) in [5.74, 6) is 4.49. The van der Waals surface area contributed by atoms with Crippen LogP contribution in [0, 0.1) is 11.8 Å². The zero-order valence-electron chi connectivity index (χ0n) is 14.7. The van der Waals surface area contributed by atoms with E-state index in [4.69, 9.17) is 10.2 Å². The van der Waals surface area contributed by atoms with Crippen LogP contribution in [0.5, 0.6) is 0 Å². The molecule has 2 aliphatic heterocycles. The lowest BCUT2D eigenvalue weighted by Crippen LogP contribution is -2.35. The summed E-state index contributed by atoms with van der Waals surface area (Å²) < 4.78 is 0. The lowest BCUT2D eigenvalue weighted by atomic mass is 9.94. The third kappa shape index (κ3) is 7.74. The Morgan fingerprint density at radius 3 is 1.43 bits per heavy atom. The Morgan fingerprint density at radius 1 is 0.696 bits per heavy atom. The number of rotatable bonds is 10. The normalized spacial score (nSPS) is 22.7. The van der Waals surface area contributed by atoms with Gasteiger partial charge < -0.3 is 20.0 Å². The van der Waals surface area contributed by atoms with Gasteiger partial charge in [-0.25, -0.2) is 0 Å². The van der Waals surface area contributed by atoms with Gasteiger partial charge in [-0.1, -0.05) is 0 Å². The third-order valence-electron chi connectivity index (χ3n) is 5.59. The first-order valence-electron chi connectivity index (χ1n) is 9.56. The molecule has 2 rings (SSSR count). The summed E-state index contributed by atoms with van der Waals surface area (Å²) in [5, 5.41) is 17.9. The topological polar surface area (TPSA) is 46.9 Å². The third-order valence-corrected chi connectivity index (χ3v) is 6.64. The molecule has 0 aliphatic carbocycles. The quantitative estimate of drug-likeness (QED) is 0.593. The van der Waals surface area contributed by atoms with E-state index in [1.165, 1.54) is 76.2 Å². The van der Waals surface area contributed by atoms with Crippen LogP contribution in [0.3, 0.4) is 0 Å². The minimum absolute atomic E-state index is 0.305. The van der Waals surface area contributed by atoms with Crippen LogP contribution in [-0.4, -0.2) is 84.0 Å². The molecule has 0 saturated carbocycles. The predicted molar refractivity (Wildman–Crippen MR) is 99.1 cm³/mol. The van der Waals surface area contributed by atoms with Crippen LogP contribution >= 0.6 is 11.8 Å². The largest absolute Gasteiger partial charge is 0.395 e. The molecule has 2 aliphatic rings. The van der Waals surface area contributed by atoms with Gasteiger partial charge >= 0.3 is 0 Å². The highest BCUT2D eigenvalue weighted by molar-refractivity contribution is 7.99. The molecule has 0 unspecified atom stereocenters. The van der Waals surface area contributed by atoms with Crippen LogP contribution in [-0.2, 0) is 0 Å². The Bertz CT molecular complexity index is 263. The highest BCUT2D eigenvalue weighted by Gasteiger charge is 2.19. The average Bonchev–Trinajstić information content (AvgIpc) is 2.58. The molecule has 4 nitrogen and oxygen atoms in total. The van der Waals surface area contributed by atoms with Gasteiger partial charge in [0.15, 0.2) is 0 Å². The number of hydrogen-bond acceptors (Lipinski definition) is 5. The number of aliphatic hydroxyl groups excluding tert-OH is 2. The SMILES string of the molecule is OCCN1CCC(CCSCCC2CCN(CCO)CC2)CC1. The first kappa shape index (κ1) is 19.5. The maximum atomic E-state index is 8.97. The van der Waals surface area contributed by atoms with Crippen molar-refractivity contribution in [1.29, 1.82) is 0 Å². The Hall–Kier alpha value is 0.190. The summed E-state index contributed by atoms with van der Waals surface area (Å²) in [6.07, 6.45) is 8.06. The van der Waals surface area contributed by atoms with Crippen molar-refractivity contribution in [3.05, 3.63) is 0 Å². The second kappa shape index (κ2) is 11.7. The van der Waals surface area contributed by atoms with E-state index in [2.05, 4.69) is 21.6 Å². The molecule has 0 atom stereocenters. The summed E-state index contributed by atoms with van der Waals surface area (Å²) in [5.41, 5.74) is 0. The van der Waals surface area contributed by atoms with Gasteiger partial charge in [-0.2, -0.15) is 11.8 Å². The minimum Gasteiger partial charge on any atom is -0.395 e. The van der Waals surface area contributed by atoms with Gasteiger partial charge in [-0.3, -0.25) is 0 Å². The second-order valence-corrected chi connectivity index (χ2v) is 8.43. The van der Waals surface area contributed by atoms with E-state index in [9.17, 15) is 0 Å². The molecule has 2 saturated heterocycles. The summed E-state index contributed by atoms with van der Waals surface area (Å²) in [6, 6.07) is 0. The van der Waals surface area contributed by atoms with Crippen LogP contribution in [0.15, 0.2) is 0 Å². The number of β-amino-alcohol motifs (C(OH)–C–C–N with tert-alkyl or cyclic N) is 2. The maximum absolute atomic E-state index is 8.97. The number of aliphatic hydroxyl groups is 2. The lowest BCUT2D eigenvalue weighted by molar-refractivity contribution is 0.146. The van der Waals surface area contributed by atoms with Crippen LogP contribution in [0.25, 0.3) is 0 Å². The highest BCUT2D eigenvalue weighted by Crippen LogP contribution is 2.25. The van der Waals surface area contributed by atoms with E-state index < -0.39 is 0 Å². The van der Waals surface area contributed by atoms with Crippen molar-refractivity contribution in [2.45, 2.75) is 38.5 Å². The van der Waals surface area contributed by atoms with Gasteiger partial charge in [0.05, 0.1) is 13.2 Å². The predicted octanol–water partition coefficient (Wildman–Crippen LogP) is 1.91. The molecule has 136 valence electrons. The van der Waals surface area contributed by atoms with E-state index in [1.54, 1.807) is 0 Å². The average molecular weight is 345 g/mol. The Balaban J connectivity index is 1.43. The highest BCUT2D eigenvalue weighted by atomic mass is 32.2. The van der Waals surface area contributed by atoms with Crippen molar-refractivity contribution >= 4 is 11.8 Å². The molecule has 0 bridgehead atoms. The standard InChI is InChI=1S/C18H36N2O2S/c21-13-11-19-7-1-17(2-8-19)5-15-23-16-6-18-3-9-20(10-4-18)12-14-22/h17-18,21-22H,1-16H2. The molecular formula is C18H36N2O2S. The number of thioether (sulfide) groups is 1. The fraction of sp³-hybridized carbons (Fsp3) is 1.00. The molecular weight excluding hydrogens is 308 g/mol. The van der Waals surface area contributed by atoms with E-state index >= 15 is 0 Å². The molecule has 0 aromatic heterocycles. The summed E-state index contributed by atoms with van der Waals surface area (Å²) in [4.78, 5) is 4.79. The Morgan fingerprint density at radius 2 is 1.09 bits per heavy atom. The molecule has 2 heterocycles. The van der Waals surface area contributed by atoms with Gasteiger partial charge in [0.25, 0.3) is 0 Å². The van der Waals surface area contributed by atoms with Gasteiger partial charge in [-0.15, -0.1) is 0 Å². The summed E-state index contributed by atoms with van der Waals surface area (Å²) in [7, 11) is 0. The summed E-state index contributed by atoms with van der Waals surface area (Å²) in [6.45, 7) is 7.06. The molecule has 0 spiro atoms. The Labute approximate surface area is 146 Å². The van der Waals surface area contributed by atoms with Crippen LogP contribution < -0.4 is 0 Å². The molecule has 2 fully saturated rings. The van der Waals surface area contributed by atoms with Crippen molar-refractivity contribution < 1.29 is 10.2 Å². The van der Waals surface area contributed by atoms with E-state index in [0.717, 1.165) is 24.9 Å². The monoisotopic (exact) mass is 344 g/mol. The van der Waals surface area contributed by atoms with E-state index in [1.807, 2.05) is 0 Å². The fourth-order valence-electron chi connectivity index (χ4n) is 3.88. The molecule has 2 N–H and O–H groups in total. The minimum atomic E-state index is 0.305. The first-order valence-corrected chi connectivity index (χ1v) is 10.7. The maximum Gasteiger partial charge on any atom is 0.0558 e. The second-order valence-electron chi connectivity index (χ2n) is 7.21. The number of nitrogens with zero attached hydrogens (tertiary/aromatic N) is 2. The number of hydrogen-bond donors (Lipinski definition) is 2. The van der Waals surface area contributed by atoms with E-state index in [-0.39, 0.29) is 0 Å². The fourth-order valence-corrected chi connectivity index (χ4v) is 5.09. The molecule has 0 aromatic carbocycles. The molecule has 5 heteroatoms. The van der Waals surface area contributed by atoms with Crippen LogP contribution in [0.4, 0.5) is 0 Å². The van der Waals surface area contributed by atoms with Gasteiger partial charge in [0.1, 0.15) is 0 Å². The smallest absolute Gasteiger partial charge is 0.0558 e. The van der Waals surface area contributed by atoms with Crippen molar-refractivity contribution in [1.82, 2.24) is 9.80 Å². The zero-order valence-corrected chi connectivity index (χ0v) is 15.5. The molecule has 0 radical (unpaired) electrons. The van der Waals surface area contributed by atoms with Crippen molar-refractivity contribution in [3.8, 4) is 0 Å². The zero-order chi connectivity index (χ0) is 16.3. The Kier molecular flexibility index (Phi) is 9.92. The molecule has 0 aromatic rings. The number of piperidine rings is 2. The van der Waals surface area contributed by atoms with Crippen LogP contribution in [0.1, 0.15) is 38.5 Å². The molecule has 23 heavy (non-hydrogen) atoms. The van der Waals surface area contributed by atoms with E-state index in [0.29, 0.717) is 13.2 Å². The van der Waals surface area contributed by atoms with Gasteiger partial charge in [-0.05, 0) is 88.0 Å². The van der Waals surface area contributed by atoms with Crippen LogP contribution in [0.2, 0.25) is 0 Å². The van der Waals surface area contributed by atoms with Crippen molar-refractivity contribution in [2.75, 3.05) is 64.0 Å². The van der Waals surface area contributed by atoms with Crippen molar-refractivity contribution in [2.24, 2.45) is 11.8 Å². The van der Waals surface area contributed by atoms with Crippen molar-refractivity contribution in [3.63, 3.8) is 0 Å². The molecule has 0 amide bonds. The first-order chi connectivity index (χ1) is 11.3. The van der Waals surface area contributed by atoms with Gasteiger partial charge in [0, 0.05) is 13.1 Å².